The zero-order chi connectivity index (χ0) is 28.5. The van der Waals surface area contributed by atoms with Crippen LogP contribution in [0.4, 0.5) is 17.6 Å². The highest BCUT2D eigenvalue weighted by Crippen LogP contribution is 2.40. The number of pyridine rings is 1. The van der Waals surface area contributed by atoms with Crippen LogP contribution >= 0.6 is 0 Å². The summed E-state index contributed by atoms with van der Waals surface area (Å²) < 4.78 is 61.6. The number of fused-ring (bicyclic) bond motifs is 1. The second-order valence-electron chi connectivity index (χ2n) is 9.05. The second kappa shape index (κ2) is 13.2. The van der Waals surface area contributed by atoms with Crippen LogP contribution in [0.25, 0.3) is 22.0 Å². The van der Waals surface area contributed by atoms with Gasteiger partial charge in [-0.15, -0.1) is 5.10 Å². The summed E-state index contributed by atoms with van der Waals surface area (Å²) in [5, 5.41) is 12.0. The Labute approximate surface area is 228 Å². The Morgan fingerprint density at radius 3 is 2.48 bits per heavy atom. The maximum absolute atomic E-state index is 14.3. The van der Waals surface area contributed by atoms with E-state index in [4.69, 9.17) is 4.74 Å². The van der Waals surface area contributed by atoms with Crippen LogP contribution in [0.2, 0.25) is 0 Å². The lowest BCUT2D eigenvalue weighted by molar-refractivity contribution is -0.123. The molecule has 7 nitrogen and oxygen atoms in total. The maximum atomic E-state index is 14.3. The molecule has 0 atom stereocenters. The summed E-state index contributed by atoms with van der Waals surface area (Å²) in [6, 6.07) is 16.5. The predicted molar refractivity (Wildman–Crippen MR) is 145 cm³/mol. The van der Waals surface area contributed by atoms with Gasteiger partial charge in [0.1, 0.15) is 6.61 Å². The van der Waals surface area contributed by atoms with Crippen LogP contribution in [0.15, 0.2) is 66.9 Å². The number of aromatic amines is 1. The molecule has 0 bridgehead atoms. The lowest BCUT2D eigenvalue weighted by Crippen LogP contribution is -2.24. The molecule has 2 aromatic carbocycles. The Balaban J connectivity index is 1.61. The van der Waals surface area contributed by atoms with E-state index >= 15 is 0 Å². The first kappa shape index (κ1) is 28.8. The average molecular weight is 556 g/mol. The van der Waals surface area contributed by atoms with Crippen molar-refractivity contribution in [3.05, 3.63) is 89.5 Å². The van der Waals surface area contributed by atoms with Crippen molar-refractivity contribution in [2.75, 3.05) is 26.7 Å². The van der Waals surface area contributed by atoms with Crippen molar-refractivity contribution in [2.24, 2.45) is 0 Å². The van der Waals surface area contributed by atoms with Gasteiger partial charge in [0.05, 0.1) is 17.3 Å². The SMILES string of the molecule is CNC(=O)CCCNCCOc1ccc(/C(CC(F)(F)F)=C(\c2ccccc2)c2ccc3[nH]nc(F)c3c2)cn1. The second-order valence-corrected chi connectivity index (χ2v) is 9.05. The van der Waals surface area contributed by atoms with E-state index in [1.807, 2.05) is 0 Å². The third-order valence-corrected chi connectivity index (χ3v) is 6.20. The van der Waals surface area contributed by atoms with Crippen LogP contribution in [0.5, 0.6) is 5.88 Å². The largest absolute Gasteiger partial charge is 0.476 e. The predicted octanol–water partition coefficient (Wildman–Crippen LogP) is 5.50. The number of carbonyl (C=O) groups excluding carboxylic acids is 1. The number of ether oxygens (including phenoxy) is 1. The molecule has 0 fully saturated rings. The van der Waals surface area contributed by atoms with E-state index in [2.05, 4.69) is 25.8 Å². The monoisotopic (exact) mass is 555 g/mol. The molecule has 210 valence electrons. The minimum Gasteiger partial charge on any atom is -0.476 e. The summed E-state index contributed by atoms with van der Waals surface area (Å²) in [7, 11) is 1.59. The zero-order valence-electron chi connectivity index (χ0n) is 21.8. The van der Waals surface area contributed by atoms with Gasteiger partial charge in [-0.25, -0.2) is 4.98 Å². The van der Waals surface area contributed by atoms with Crippen molar-refractivity contribution in [3.63, 3.8) is 0 Å². The van der Waals surface area contributed by atoms with Gasteiger partial charge in [-0.05, 0) is 59.0 Å². The standard InChI is InChI=1S/C29H29F4N5O2/c1-34-25(39)8-5-13-35-14-15-40-26-12-10-21(18-36-26)23(17-29(31,32)33)27(19-6-3-2-4-7-19)20-9-11-24-22(16-20)28(30)38-37-24/h2-4,6-7,9-12,16,18,35H,5,8,13-15,17H2,1H3,(H,34,39)(H,37,38)/b27-23+. The van der Waals surface area contributed by atoms with E-state index in [1.165, 1.54) is 18.3 Å². The number of aromatic nitrogens is 3. The molecule has 0 aliphatic rings. The van der Waals surface area contributed by atoms with Gasteiger partial charge in [-0.3, -0.25) is 9.89 Å². The molecule has 0 saturated heterocycles. The summed E-state index contributed by atoms with van der Waals surface area (Å²) >= 11 is 0. The van der Waals surface area contributed by atoms with Gasteiger partial charge < -0.3 is 15.4 Å². The molecule has 3 N–H and O–H groups in total. The molecule has 0 radical (unpaired) electrons. The molecular formula is C29H29F4N5O2. The van der Waals surface area contributed by atoms with Gasteiger partial charge in [0, 0.05) is 32.3 Å². The molecule has 0 aliphatic carbocycles. The summed E-state index contributed by atoms with van der Waals surface area (Å²) in [5.74, 6) is -0.484. The number of hydrogen-bond acceptors (Lipinski definition) is 5. The van der Waals surface area contributed by atoms with Crippen LogP contribution in [0, 0.1) is 5.95 Å². The molecule has 2 heterocycles. The number of alkyl halides is 3. The quantitative estimate of drug-likeness (QED) is 0.159. The summed E-state index contributed by atoms with van der Waals surface area (Å²) in [5.41, 5.74) is 1.99. The highest BCUT2D eigenvalue weighted by atomic mass is 19.4. The van der Waals surface area contributed by atoms with Crippen molar-refractivity contribution in [2.45, 2.75) is 25.4 Å². The van der Waals surface area contributed by atoms with E-state index in [0.717, 1.165) is 0 Å². The van der Waals surface area contributed by atoms with Crippen LogP contribution in [-0.4, -0.2) is 54.0 Å². The van der Waals surface area contributed by atoms with Crippen molar-refractivity contribution in [1.82, 2.24) is 25.8 Å². The molecule has 2 aromatic heterocycles. The van der Waals surface area contributed by atoms with Crippen molar-refractivity contribution < 1.29 is 27.1 Å². The maximum Gasteiger partial charge on any atom is 0.393 e. The lowest BCUT2D eigenvalue weighted by Gasteiger charge is -2.19. The molecule has 0 spiro atoms. The molecule has 11 heteroatoms. The number of hydrogen-bond donors (Lipinski definition) is 3. The van der Waals surface area contributed by atoms with Gasteiger partial charge in [-0.2, -0.15) is 17.6 Å². The first-order valence-electron chi connectivity index (χ1n) is 12.7. The Kier molecular flexibility index (Phi) is 9.49. The van der Waals surface area contributed by atoms with Gasteiger partial charge in [0.25, 0.3) is 0 Å². The highest BCUT2D eigenvalue weighted by Gasteiger charge is 2.32. The highest BCUT2D eigenvalue weighted by molar-refractivity contribution is 6.00. The third kappa shape index (κ3) is 7.66. The van der Waals surface area contributed by atoms with Gasteiger partial charge in [0.2, 0.25) is 17.7 Å². The van der Waals surface area contributed by atoms with E-state index in [0.29, 0.717) is 54.8 Å². The van der Waals surface area contributed by atoms with E-state index < -0.39 is 18.5 Å². The van der Waals surface area contributed by atoms with Gasteiger partial charge >= 0.3 is 6.18 Å². The Bertz CT molecular complexity index is 1450. The normalized spacial score (nSPS) is 12.3. The fraction of sp³-hybridized carbons (Fsp3) is 0.276. The number of carbonyl (C=O) groups is 1. The average Bonchev–Trinajstić information content (AvgIpc) is 3.32. The Morgan fingerprint density at radius 1 is 1.00 bits per heavy atom. The van der Waals surface area contributed by atoms with Crippen molar-refractivity contribution in [3.8, 4) is 5.88 Å². The molecule has 0 unspecified atom stereocenters. The van der Waals surface area contributed by atoms with Crippen molar-refractivity contribution >= 4 is 28.0 Å². The molecule has 0 saturated carbocycles. The number of halogens is 4. The fourth-order valence-electron chi connectivity index (χ4n) is 4.29. The topological polar surface area (TPSA) is 91.9 Å². The van der Waals surface area contributed by atoms with E-state index in [-0.39, 0.29) is 28.3 Å². The Morgan fingerprint density at radius 2 is 1.77 bits per heavy atom. The fourth-order valence-corrected chi connectivity index (χ4v) is 4.29. The molecular weight excluding hydrogens is 526 g/mol. The molecule has 0 aliphatic heterocycles. The molecule has 40 heavy (non-hydrogen) atoms. The number of amides is 1. The number of nitrogens with one attached hydrogen (secondary N) is 3. The number of nitrogens with zero attached hydrogens (tertiary/aromatic N) is 2. The number of rotatable bonds is 12. The van der Waals surface area contributed by atoms with Crippen LogP contribution in [-0.2, 0) is 4.79 Å². The first-order valence-corrected chi connectivity index (χ1v) is 12.7. The van der Waals surface area contributed by atoms with Gasteiger partial charge in [-0.1, -0.05) is 36.4 Å². The number of benzene rings is 2. The minimum atomic E-state index is -4.51. The van der Waals surface area contributed by atoms with Crippen LogP contribution in [0.3, 0.4) is 0 Å². The van der Waals surface area contributed by atoms with Crippen molar-refractivity contribution in [1.29, 1.82) is 0 Å². The van der Waals surface area contributed by atoms with E-state index in [1.54, 1.807) is 55.6 Å². The van der Waals surface area contributed by atoms with Crippen LogP contribution < -0.4 is 15.4 Å². The summed E-state index contributed by atoms with van der Waals surface area (Å²) in [6.45, 7) is 1.45. The lowest BCUT2D eigenvalue weighted by atomic mass is 9.88. The van der Waals surface area contributed by atoms with Gasteiger partial charge in [0.15, 0.2) is 0 Å². The zero-order valence-corrected chi connectivity index (χ0v) is 21.8. The van der Waals surface area contributed by atoms with E-state index in [9.17, 15) is 22.4 Å². The number of allylic oxidation sites excluding steroid dienone is 1. The van der Waals surface area contributed by atoms with Crippen LogP contribution in [0.1, 0.15) is 36.0 Å². The minimum absolute atomic E-state index is 0.00112. The molecule has 4 rings (SSSR count). The smallest absolute Gasteiger partial charge is 0.393 e. The number of H-pyrrole nitrogens is 1. The summed E-state index contributed by atoms with van der Waals surface area (Å²) in [6.07, 6.45) is -3.26. The third-order valence-electron chi connectivity index (χ3n) is 6.20. The molecule has 4 aromatic rings. The summed E-state index contributed by atoms with van der Waals surface area (Å²) in [4.78, 5) is 15.5. The Hall–Kier alpha value is -4.25. The first-order chi connectivity index (χ1) is 19.2. The molecule has 1 amide bonds.